The van der Waals surface area contributed by atoms with Crippen LogP contribution in [0.5, 0.6) is 0 Å². The minimum atomic E-state index is 0.0444. The van der Waals surface area contributed by atoms with Gasteiger partial charge in [-0.1, -0.05) is 38.8 Å². The van der Waals surface area contributed by atoms with Crippen molar-refractivity contribution >= 4 is 5.91 Å². The monoisotopic (exact) mass is 274 g/mol. The van der Waals surface area contributed by atoms with Gasteiger partial charge < -0.3 is 11.1 Å². The number of hydrogen-bond donors (Lipinski definition) is 2. The van der Waals surface area contributed by atoms with Gasteiger partial charge in [-0.25, -0.2) is 0 Å². The van der Waals surface area contributed by atoms with E-state index in [1.165, 1.54) is 12.8 Å². The minimum Gasteiger partial charge on any atom is -0.349 e. The summed E-state index contributed by atoms with van der Waals surface area (Å²) in [5.74, 6) is 1.50. The number of benzene rings is 1. The van der Waals surface area contributed by atoms with Crippen molar-refractivity contribution in [1.29, 1.82) is 0 Å². The fraction of sp³-hybridized carbons (Fsp3) is 0.588. The van der Waals surface area contributed by atoms with Crippen LogP contribution in [0.2, 0.25) is 0 Å². The van der Waals surface area contributed by atoms with Crippen LogP contribution in [-0.2, 0) is 6.54 Å². The summed E-state index contributed by atoms with van der Waals surface area (Å²) in [6.07, 6.45) is 4.75. The molecule has 0 heterocycles. The Balaban J connectivity index is 1.93. The third-order valence-electron chi connectivity index (χ3n) is 4.44. The van der Waals surface area contributed by atoms with Crippen LogP contribution in [0.1, 0.15) is 55.5 Å². The van der Waals surface area contributed by atoms with E-state index in [0.717, 1.165) is 29.9 Å². The molecule has 1 fully saturated rings. The van der Waals surface area contributed by atoms with Gasteiger partial charge in [0.05, 0.1) is 0 Å². The molecule has 0 spiro atoms. The Morgan fingerprint density at radius 1 is 1.30 bits per heavy atom. The smallest absolute Gasteiger partial charge is 0.251 e. The lowest BCUT2D eigenvalue weighted by Crippen LogP contribution is -2.39. The van der Waals surface area contributed by atoms with Crippen molar-refractivity contribution in [3.8, 4) is 0 Å². The molecule has 3 heteroatoms. The Morgan fingerprint density at radius 2 is 2.00 bits per heavy atom. The Morgan fingerprint density at radius 3 is 2.60 bits per heavy atom. The van der Waals surface area contributed by atoms with E-state index in [1.807, 2.05) is 24.3 Å². The zero-order chi connectivity index (χ0) is 14.5. The Kier molecular flexibility index (Phi) is 5.18. The summed E-state index contributed by atoms with van der Waals surface area (Å²) in [7, 11) is 0. The van der Waals surface area contributed by atoms with Gasteiger partial charge in [-0.2, -0.15) is 0 Å². The molecule has 3 N–H and O–H groups in total. The van der Waals surface area contributed by atoms with Gasteiger partial charge in [0.2, 0.25) is 0 Å². The van der Waals surface area contributed by atoms with Crippen molar-refractivity contribution in [2.24, 2.45) is 17.6 Å². The van der Waals surface area contributed by atoms with Crippen LogP contribution < -0.4 is 11.1 Å². The predicted molar refractivity (Wildman–Crippen MR) is 82.4 cm³/mol. The van der Waals surface area contributed by atoms with E-state index >= 15 is 0 Å². The Bertz CT molecular complexity index is 439. The average Bonchev–Trinajstić information content (AvgIpc) is 2.47. The first-order chi connectivity index (χ1) is 9.60. The first-order valence-electron chi connectivity index (χ1n) is 7.70. The number of nitrogens with two attached hydrogens (primary N) is 1. The van der Waals surface area contributed by atoms with Gasteiger partial charge >= 0.3 is 0 Å². The van der Waals surface area contributed by atoms with Gasteiger partial charge in [0, 0.05) is 18.2 Å². The number of rotatable bonds is 4. The van der Waals surface area contributed by atoms with E-state index in [-0.39, 0.29) is 5.91 Å². The molecule has 2 unspecified atom stereocenters. The SMILES string of the molecule is CC(C)C1CCCC(NC(=O)c2ccc(CN)cc2)C1. The average molecular weight is 274 g/mol. The summed E-state index contributed by atoms with van der Waals surface area (Å²) in [4.78, 5) is 12.2. The van der Waals surface area contributed by atoms with Crippen LogP contribution in [-0.4, -0.2) is 11.9 Å². The number of hydrogen-bond acceptors (Lipinski definition) is 2. The molecule has 0 aromatic heterocycles. The number of amides is 1. The van der Waals surface area contributed by atoms with Crippen molar-refractivity contribution in [2.75, 3.05) is 0 Å². The van der Waals surface area contributed by atoms with E-state index in [9.17, 15) is 4.79 Å². The first kappa shape index (κ1) is 15.0. The number of nitrogens with one attached hydrogen (secondary N) is 1. The molecule has 2 atom stereocenters. The molecule has 3 nitrogen and oxygen atoms in total. The van der Waals surface area contributed by atoms with Gasteiger partial charge in [0.15, 0.2) is 0 Å². The van der Waals surface area contributed by atoms with Crippen molar-refractivity contribution < 1.29 is 4.79 Å². The molecule has 1 amide bonds. The third-order valence-corrected chi connectivity index (χ3v) is 4.44. The van der Waals surface area contributed by atoms with Crippen molar-refractivity contribution in [1.82, 2.24) is 5.32 Å². The molecular formula is C17H26N2O. The molecule has 0 aliphatic heterocycles. The molecule has 0 radical (unpaired) electrons. The zero-order valence-electron chi connectivity index (χ0n) is 12.6. The van der Waals surface area contributed by atoms with Gasteiger partial charge in [-0.3, -0.25) is 4.79 Å². The summed E-state index contributed by atoms with van der Waals surface area (Å²) in [5.41, 5.74) is 7.35. The fourth-order valence-corrected chi connectivity index (χ4v) is 3.03. The maximum atomic E-state index is 12.2. The predicted octanol–water partition coefficient (Wildman–Crippen LogP) is 3.09. The number of carbonyl (C=O) groups excluding carboxylic acids is 1. The highest BCUT2D eigenvalue weighted by atomic mass is 16.1. The van der Waals surface area contributed by atoms with Crippen LogP contribution in [0.3, 0.4) is 0 Å². The van der Waals surface area contributed by atoms with Gasteiger partial charge in [-0.15, -0.1) is 0 Å². The second kappa shape index (κ2) is 6.89. The fourth-order valence-electron chi connectivity index (χ4n) is 3.03. The Labute approximate surface area is 121 Å². The second-order valence-corrected chi connectivity index (χ2v) is 6.24. The summed E-state index contributed by atoms with van der Waals surface area (Å²) in [5, 5.41) is 3.19. The lowest BCUT2D eigenvalue weighted by molar-refractivity contribution is 0.0913. The molecule has 110 valence electrons. The molecular weight excluding hydrogens is 248 g/mol. The Hall–Kier alpha value is -1.35. The highest BCUT2D eigenvalue weighted by Gasteiger charge is 2.25. The molecule has 1 aromatic rings. The molecule has 20 heavy (non-hydrogen) atoms. The summed E-state index contributed by atoms with van der Waals surface area (Å²) in [6.45, 7) is 5.07. The van der Waals surface area contributed by atoms with E-state index in [1.54, 1.807) is 0 Å². The largest absolute Gasteiger partial charge is 0.349 e. The molecule has 2 rings (SSSR count). The molecule has 1 aliphatic rings. The lowest BCUT2D eigenvalue weighted by atomic mass is 9.79. The van der Waals surface area contributed by atoms with Crippen molar-refractivity contribution in [3.05, 3.63) is 35.4 Å². The maximum Gasteiger partial charge on any atom is 0.251 e. The van der Waals surface area contributed by atoms with Crippen LogP contribution in [0.25, 0.3) is 0 Å². The van der Waals surface area contributed by atoms with Crippen LogP contribution in [0.15, 0.2) is 24.3 Å². The topological polar surface area (TPSA) is 55.1 Å². The van der Waals surface area contributed by atoms with E-state index in [4.69, 9.17) is 5.73 Å². The van der Waals surface area contributed by atoms with E-state index in [2.05, 4.69) is 19.2 Å². The summed E-state index contributed by atoms with van der Waals surface area (Å²) < 4.78 is 0. The van der Waals surface area contributed by atoms with E-state index in [0.29, 0.717) is 18.5 Å². The maximum absolute atomic E-state index is 12.2. The van der Waals surface area contributed by atoms with Crippen LogP contribution in [0, 0.1) is 11.8 Å². The normalized spacial score (nSPS) is 22.8. The molecule has 0 bridgehead atoms. The van der Waals surface area contributed by atoms with E-state index < -0.39 is 0 Å². The van der Waals surface area contributed by atoms with Gasteiger partial charge in [0.25, 0.3) is 5.91 Å². The van der Waals surface area contributed by atoms with Crippen molar-refractivity contribution in [3.63, 3.8) is 0 Å². The molecule has 1 aromatic carbocycles. The molecule has 0 saturated heterocycles. The second-order valence-electron chi connectivity index (χ2n) is 6.24. The van der Waals surface area contributed by atoms with Gasteiger partial charge in [0.1, 0.15) is 0 Å². The quantitative estimate of drug-likeness (QED) is 0.886. The summed E-state index contributed by atoms with van der Waals surface area (Å²) in [6, 6.07) is 7.90. The van der Waals surface area contributed by atoms with Crippen LogP contribution in [0.4, 0.5) is 0 Å². The van der Waals surface area contributed by atoms with Crippen LogP contribution >= 0.6 is 0 Å². The standard InChI is InChI=1S/C17H26N2O/c1-12(2)15-4-3-5-16(10-15)19-17(20)14-8-6-13(11-18)7-9-14/h6-9,12,15-16H,3-5,10-11,18H2,1-2H3,(H,19,20). The minimum absolute atomic E-state index is 0.0444. The van der Waals surface area contributed by atoms with Gasteiger partial charge in [-0.05, 0) is 42.4 Å². The third kappa shape index (κ3) is 3.83. The highest BCUT2D eigenvalue weighted by Crippen LogP contribution is 2.30. The first-order valence-corrected chi connectivity index (χ1v) is 7.70. The molecule has 1 aliphatic carbocycles. The molecule has 1 saturated carbocycles. The highest BCUT2D eigenvalue weighted by molar-refractivity contribution is 5.94. The zero-order valence-corrected chi connectivity index (χ0v) is 12.6. The number of carbonyl (C=O) groups is 1. The lowest BCUT2D eigenvalue weighted by Gasteiger charge is -2.32. The van der Waals surface area contributed by atoms with Crippen molar-refractivity contribution in [2.45, 2.75) is 52.1 Å². The summed E-state index contributed by atoms with van der Waals surface area (Å²) >= 11 is 0.